The van der Waals surface area contributed by atoms with Crippen LogP contribution in [0.25, 0.3) is 21.7 Å². The first-order chi connectivity index (χ1) is 16.5. The summed E-state index contributed by atoms with van der Waals surface area (Å²) in [5.41, 5.74) is 1.97. The van der Waals surface area contributed by atoms with Crippen molar-refractivity contribution in [3.05, 3.63) is 76.4 Å². The molecule has 3 aromatic carbocycles. The number of fused-ring (bicyclic) bond motifs is 2. The van der Waals surface area contributed by atoms with E-state index in [0.29, 0.717) is 25.1 Å². The van der Waals surface area contributed by atoms with Gasteiger partial charge in [-0.25, -0.2) is 4.79 Å². The molecule has 0 spiro atoms. The van der Waals surface area contributed by atoms with E-state index < -0.39 is 11.9 Å². The van der Waals surface area contributed by atoms with Crippen molar-refractivity contribution in [3.63, 3.8) is 0 Å². The molecule has 34 heavy (non-hydrogen) atoms. The molecule has 176 valence electrons. The number of methoxy groups -OCH3 is 1. The molecule has 0 unspecified atom stereocenters. The van der Waals surface area contributed by atoms with E-state index in [4.69, 9.17) is 14.2 Å². The van der Waals surface area contributed by atoms with E-state index in [0.717, 1.165) is 37.5 Å². The van der Waals surface area contributed by atoms with Crippen molar-refractivity contribution < 1.29 is 23.8 Å². The molecule has 0 N–H and O–H groups in total. The van der Waals surface area contributed by atoms with E-state index in [2.05, 4.69) is 28.1 Å². The molecule has 4 rings (SSSR count). The van der Waals surface area contributed by atoms with Crippen molar-refractivity contribution in [1.82, 2.24) is 4.57 Å². The van der Waals surface area contributed by atoms with Gasteiger partial charge in [0.2, 0.25) is 0 Å². The lowest BCUT2D eigenvalue weighted by Crippen LogP contribution is -2.19. The number of para-hydroxylation sites is 1. The number of halogens is 1. The lowest BCUT2D eigenvalue weighted by Gasteiger charge is -2.12. The molecule has 0 amide bonds. The number of esters is 2. The molecule has 4 aromatic rings. The van der Waals surface area contributed by atoms with Crippen LogP contribution < -0.4 is 4.74 Å². The van der Waals surface area contributed by atoms with Crippen LogP contribution in [0.2, 0.25) is 0 Å². The Hall–Kier alpha value is -3.32. The van der Waals surface area contributed by atoms with Gasteiger partial charge < -0.3 is 18.8 Å². The van der Waals surface area contributed by atoms with Gasteiger partial charge in [0.15, 0.2) is 0 Å². The predicted octanol–water partition coefficient (Wildman–Crippen LogP) is 5.92. The van der Waals surface area contributed by atoms with Gasteiger partial charge in [0.1, 0.15) is 18.0 Å². The molecule has 0 aliphatic rings. The number of aryl methyl sites for hydroxylation is 1. The summed E-state index contributed by atoms with van der Waals surface area (Å²) < 4.78 is 18.8. The van der Waals surface area contributed by atoms with E-state index >= 15 is 0 Å². The van der Waals surface area contributed by atoms with Gasteiger partial charge in [-0.15, -0.1) is 0 Å². The molecule has 0 radical (unpaired) electrons. The van der Waals surface area contributed by atoms with E-state index in [1.165, 1.54) is 7.11 Å². The first-order valence-electron chi connectivity index (χ1n) is 11.2. The second-order valence-electron chi connectivity index (χ2n) is 7.78. The number of carbonyl (C=O) groups excluding carboxylic acids is 2. The Kier molecular flexibility index (Phi) is 7.53. The number of nitrogens with zero attached hydrogens (tertiary/aromatic N) is 1. The summed E-state index contributed by atoms with van der Waals surface area (Å²) in [6.45, 7) is 2.40. The second kappa shape index (κ2) is 10.7. The maximum absolute atomic E-state index is 13.0. The maximum Gasteiger partial charge on any atom is 0.355 e. The lowest BCUT2D eigenvalue weighted by molar-refractivity contribution is -0.141. The predicted molar refractivity (Wildman–Crippen MR) is 135 cm³/mol. The minimum Gasteiger partial charge on any atom is -0.493 e. The standard InChI is InChI=1S/C27H26BrNO5/c1-3-33-27(31)26-21(20-12-7-14-22(28)25(20)29(26)17-24(30)32-2)13-8-16-34-23-15-6-10-18-9-4-5-11-19(18)23/h4-7,9-12,14-15H,3,8,13,16-17H2,1-2H3. The molecule has 1 heterocycles. The van der Waals surface area contributed by atoms with Crippen LogP contribution in [0.4, 0.5) is 0 Å². The van der Waals surface area contributed by atoms with E-state index in [1.54, 1.807) is 11.5 Å². The van der Waals surface area contributed by atoms with Crippen LogP contribution >= 0.6 is 15.9 Å². The maximum atomic E-state index is 13.0. The summed E-state index contributed by atoms with van der Waals surface area (Å²) in [6.07, 6.45) is 1.26. The first-order valence-corrected chi connectivity index (χ1v) is 12.0. The van der Waals surface area contributed by atoms with Crippen molar-refractivity contribution in [2.24, 2.45) is 0 Å². The van der Waals surface area contributed by atoms with Crippen molar-refractivity contribution in [2.45, 2.75) is 26.3 Å². The smallest absolute Gasteiger partial charge is 0.355 e. The zero-order valence-corrected chi connectivity index (χ0v) is 20.8. The Bertz CT molecular complexity index is 1340. The van der Waals surface area contributed by atoms with Crippen molar-refractivity contribution in [3.8, 4) is 5.75 Å². The molecule has 0 atom stereocenters. The van der Waals surface area contributed by atoms with Gasteiger partial charge in [0.25, 0.3) is 0 Å². The molecule has 6 nitrogen and oxygen atoms in total. The zero-order valence-electron chi connectivity index (χ0n) is 19.2. The summed E-state index contributed by atoms with van der Waals surface area (Å²) in [5, 5.41) is 3.09. The number of hydrogen-bond acceptors (Lipinski definition) is 5. The van der Waals surface area contributed by atoms with Crippen LogP contribution in [-0.4, -0.2) is 36.8 Å². The Labute approximate surface area is 206 Å². The Morgan fingerprint density at radius 1 is 0.971 bits per heavy atom. The number of rotatable bonds is 9. The topological polar surface area (TPSA) is 66.8 Å². The third kappa shape index (κ3) is 4.80. The fourth-order valence-electron chi connectivity index (χ4n) is 4.23. The van der Waals surface area contributed by atoms with Crippen LogP contribution in [0.1, 0.15) is 29.4 Å². The molecule has 1 aromatic heterocycles. The molecule has 0 fully saturated rings. The minimum atomic E-state index is -0.459. The van der Waals surface area contributed by atoms with E-state index in [1.807, 2.05) is 48.5 Å². The largest absolute Gasteiger partial charge is 0.493 e. The molecule has 0 saturated carbocycles. The molecule has 0 aliphatic carbocycles. The number of aromatic nitrogens is 1. The van der Waals surface area contributed by atoms with Crippen molar-refractivity contribution >= 4 is 49.5 Å². The monoisotopic (exact) mass is 523 g/mol. The van der Waals surface area contributed by atoms with E-state index in [-0.39, 0.29) is 13.2 Å². The second-order valence-corrected chi connectivity index (χ2v) is 8.63. The molecular weight excluding hydrogens is 498 g/mol. The summed E-state index contributed by atoms with van der Waals surface area (Å²) in [4.78, 5) is 25.2. The van der Waals surface area contributed by atoms with Crippen molar-refractivity contribution in [1.29, 1.82) is 0 Å². The van der Waals surface area contributed by atoms with Crippen LogP contribution in [0.3, 0.4) is 0 Å². The first kappa shape index (κ1) is 23.8. The Morgan fingerprint density at radius 3 is 2.50 bits per heavy atom. The molecule has 7 heteroatoms. The van der Waals surface area contributed by atoms with Gasteiger partial charge in [-0.05, 0) is 58.8 Å². The van der Waals surface area contributed by atoms with Gasteiger partial charge in [-0.2, -0.15) is 0 Å². The van der Waals surface area contributed by atoms with Crippen LogP contribution in [0.15, 0.2) is 65.1 Å². The molecule has 0 bridgehead atoms. The Morgan fingerprint density at radius 2 is 1.71 bits per heavy atom. The van der Waals surface area contributed by atoms with Gasteiger partial charge in [-0.3, -0.25) is 4.79 Å². The minimum absolute atomic E-state index is 0.0870. The summed E-state index contributed by atoms with van der Waals surface area (Å²) in [7, 11) is 1.33. The SMILES string of the molecule is CCOC(=O)c1c(CCCOc2cccc3ccccc23)c2cccc(Br)c2n1CC(=O)OC. The van der Waals surface area contributed by atoms with Crippen LogP contribution in [0, 0.1) is 0 Å². The highest BCUT2D eigenvalue weighted by atomic mass is 79.9. The van der Waals surface area contributed by atoms with E-state index in [9.17, 15) is 9.59 Å². The molecule has 0 saturated heterocycles. The zero-order chi connectivity index (χ0) is 24.1. The van der Waals surface area contributed by atoms with Gasteiger partial charge in [-0.1, -0.05) is 48.5 Å². The summed E-state index contributed by atoms with van der Waals surface area (Å²) >= 11 is 3.58. The fraction of sp³-hybridized carbons (Fsp3) is 0.259. The van der Waals surface area contributed by atoms with Crippen LogP contribution in [-0.2, 0) is 27.2 Å². The van der Waals surface area contributed by atoms with Gasteiger partial charge >= 0.3 is 11.9 Å². The van der Waals surface area contributed by atoms with Crippen LogP contribution in [0.5, 0.6) is 5.75 Å². The molecule has 0 aliphatic heterocycles. The highest BCUT2D eigenvalue weighted by Crippen LogP contribution is 2.33. The average molecular weight is 524 g/mol. The third-order valence-electron chi connectivity index (χ3n) is 5.70. The highest BCUT2D eigenvalue weighted by molar-refractivity contribution is 9.10. The lowest BCUT2D eigenvalue weighted by atomic mass is 10.1. The fourth-order valence-corrected chi connectivity index (χ4v) is 4.81. The quantitative estimate of drug-likeness (QED) is 0.201. The number of benzene rings is 3. The third-order valence-corrected chi connectivity index (χ3v) is 6.34. The van der Waals surface area contributed by atoms with Gasteiger partial charge in [0.05, 0.1) is 25.8 Å². The number of carbonyl (C=O) groups is 2. The highest BCUT2D eigenvalue weighted by Gasteiger charge is 2.26. The van der Waals surface area contributed by atoms with Gasteiger partial charge in [0, 0.05) is 15.2 Å². The molecular formula is C27H26BrNO5. The summed E-state index contributed by atoms with van der Waals surface area (Å²) in [6, 6.07) is 19.9. The van der Waals surface area contributed by atoms with Crippen molar-refractivity contribution in [2.75, 3.05) is 20.3 Å². The normalized spacial score (nSPS) is 11.0. The Balaban J connectivity index is 1.64. The average Bonchev–Trinajstić information content (AvgIpc) is 3.16. The number of hydrogen-bond donors (Lipinski definition) is 0. The number of ether oxygens (including phenoxy) is 3. The summed E-state index contributed by atoms with van der Waals surface area (Å²) in [5.74, 6) is -0.0666.